The van der Waals surface area contributed by atoms with Crippen LogP contribution in [0.15, 0.2) is 70.5 Å². The van der Waals surface area contributed by atoms with Gasteiger partial charge in [-0.2, -0.15) is 0 Å². The highest BCUT2D eigenvalue weighted by molar-refractivity contribution is 7.99. The lowest BCUT2D eigenvalue weighted by molar-refractivity contribution is 0.0699. The van der Waals surface area contributed by atoms with Gasteiger partial charge in [-0.1, -0.05) is 54.2 Å². The number of hydrogen-bond acceptors (Lipinski definition) is 3. The summed E-state index contributed by atoms with van der Waals surface area (Å²) < 4.78 is 0. The Morgan fingerprint density at radius 3 is 2.32 bits per heavy atom. The lowest BCUT2D eigenvalue weighted by Crippen LogP contribution is -1.98. The highest BCUT2D eigenvalue weighted by atomic mass is 32.2. The summed E-state index contributed by atoms with van der Waals surface area (Å²) in [4.78, 5) is 13.3. The predicted molar refractivity (Wildman–Crippen MR) is 87.4 cm³/mol. The molecule has 0 aromatic heterocycles. The molecular weight excluding hydrogens is 296 g/mol. The van der Waals surface area contributed by atoms with Gasteiger partial charge in [0, 0.05) is 15.2 Å². The van der Waals surface area contributed by atoms with Crippen LogP contribution in [0.25, 0.3) is 10.8 Å². The smallest absolute Gasteiger partial charge is 0.336 e. The Kier molecular flexibility index (Phi) is 4.13. The average molecular weight is 310 g/mol. The summed E-state index contributed by atoms with van der Waals surface area (Å²) in [5.74, 6) is -0.936. The summed E-state index contributed by atoms with van der Waals surface area (Å²) >= 11 is 1.48. The van der Waals surface area contributed by atoms with E-state index in [1.54, 1.807) is 12.1 Å². The van der Waals surface area contributed by atoms with E-state index in [0.29, 0.717) is 5.56 Å². The van der Waals surface area contributed by atoms with Gasteiger partial charge in [-0.3, -0.25) is 0 Å². The summed E-state index contributed by atoms with van der Waals surface area (Å²) in [5, 5.41) is 20.5. The minimum atomic E-state index is -0.936. The van der Waals surface area contributed by atoms with Crippen LogP contribution in [0.4, 0.5) is 0 Å². The van der Waals surface area contributed by atoms with Crippen molar-refractivity contribution in [3.8, 4) is 0 Å². The predicted octanol–water partition coefficient (Wildman–Crippen LogP) is 4.18. The molecule has 110 valence electrons. The Bertz CT molecular complexity index is 837. The molecule has 0 saturated heterocycles. The monoisotopic (exact) mass is 310 g/mol. The standard InChI is InChI=1S/C18H14O3S/c19-11-13-5-1-2-9-15(13)22-16-10-4-7-12-6-3-8-14(17(12)16)18(20)21/h1-10,19H,11H2,(H,20,21). The van der Waals surface area contributed by atoms with E-state index in [9.17, 15) is 15.0 Å². The molecule has 0 amide bonds. The van der Waals surface area contributed by atoms with E-state index in [4.69, 9.17) is 0 Å². The van der Waals surface area contributed by atoms with Crippen LogP contribution in [-0.2, 0) is 6.61 Å². The van der Waals surface area contributed by atoms with Crippen molar-refractivity contribution < 1.29 is 15.0 Å². The highest BCUT2D eigenvalue weighted by Crippen LogP contribution is 2.36. The van der Waals surface area contributed by atoms with Gasteiger partial charge in [-0.25, -0.2) is 4.79 Å². The zero-order valence-corrected chi connectivity index (χ0v) is 12.5. The van der Waals surface area contributed by atoms with Gasteiger partial charge in [0.2, 0.25) is 0 Å². The number of carbonyl (C=O) groups is 1. The zero-order chi connectivity index (χ0) is 15.5. The van der Waals surface area contributed by atoms with Crippen molar-refractivity contribution in [1.82, 2.24) is 0 Å². The van der Waals surface area contributed by atoms with Crippen molar-refractivity contribution >= 4 is 28.5 Å². The highest BCUT2D eigenvalue weighted by Gasteiger charge is 2.13. The second-order valence-electron chi connectivity index (χ2n) is 4.83. The van der Waals surface area contributed by atoms with Gasteiger partial charge in [0.05, 0.1) is 12.2 Å². The number of benzene rings is 3. The molecule has 0 heterocycles. The molecule has 0 aliphatic heterocycles. The van der Waals surface area contributed by atoms with Crippen molar-refractivity contribution in [3.05, 3.63) is 71.8 Å². The quantitative estimate of drug-likeness (QED) is 0.759. The van der Waals surface area contributed by atoms with E-state index < -0.39 is 5.97 Å². The molecule has 0 bridgehead atoms. The van der Waals surface area contributed by atoms with Crippen LogP contribution in [0.5, 0.6) is 0 Å². The summed E-state index contributed by atoms with van der Waals surface area (Å²) in [6.07, 6.45) is 0. The molecular formula is C18H14O3S. The number of rotatable bonds is 4. The van der Waals surface area contributed by atoms with Gasteiger partial charge in [-0.05, 0) is 29.1 Å². The molecule has 2 N–H and O–H groups in total. The maximum absolute atomic E-state index is 11.5. The van der Waals surface area contributed by atoms with Gasteiger partial charge in [-0.15, -0.1) is 0 Å². The minimum absolute atomic E-state index is 0.0419. The van der Waals surface area contributed by atoms with Crippen LogP contribution in [0.2, 0.25) is 0 Å². The molecule has 3 nitrogen and oxygen atoms in total. The Morgan fingerprint density at radius 2 is 1.59 bits per heavy atom. The summed E-state index contributed by atoms with van der Waals surface area (Å²) in [6.45, 7) is -0.0419. The van der Waals surface area contributed by atoms with Crippen molar-refractivity contribution in [2.24, 2.45) is 0 Å². The molecule has 0 aliphatic carbocycles. The molecule has 0 spiro atoms. The average Bonchev–Trinajstić information content (AvgIpc) is 2.55. The maximum atomic E-state index is 11.5. The third-order valence-electron chi connectivity index (χ3n) is 3.46. The molecule has 0 fully saturated rings. The number of fused-ring (bicyclic) bond motifs is 1. The Hall–Kier alpha value is -2.30. The van der Waals surface area contributed by atoms with E-state index in [-0.39, 0.29) is 6.61 Å². The maximum Gasteiger partial charge on any atom is 0.336 e. The Balaban J connectivity index is 2.17. The lowest BCUT2D eigenvalue weighted by atomic mass is 10.0. The normalized spacial score (nSPS) is 10.8. The molecule has 0 aliphatic rings. The SMILES string of the molecule is O=C(O)c1cccc2cccc(Sc3ccccc3CO)c12. The first-order valence-corrected chi connectivity index (χ1v) is 7.64. The van der Waals surface area contributed by atoms with Gasteiger partial charge >= 0.3 is 5.97 Å². The molecule has 0 radical (unpaired) electrons. The van der Waals surface area contributed by atoms with Crippen LogP contribution in [-0.4, -0.2) is 16.2 Å². The van der Waals surface area contributed by atoms with Gasteiger partial charge < -0.3 is 10.2 Å². The number of aliphatic hydroxyl groups is 1. The fourth-order valence-electron chi connectivity index (χ4n) is 2.42. The van der Waals surface area contributed by atoms with Crippen LogP contribution in [0.3, 0.4) is 0 Å². The first kappa shape index (κ1) is 14.6. The first-order valence-electron chi connectivity index (χ1n) is 6.82. The van der Waals surface area contributed by atoms with E-state index in [1.165, 1.54) is 11.8 Å². The third kappa shape index (κ3) is 2.71. The summed E-state index contributed by atoms with van der Waals surface area (Å²) in [5.41, 5.74) is 1.12. The molecule has 0 unspecified atom stereocenters. The van der Waals surface area contributed by atoms with Crippen LogP contribution >= 0.6 is 11.8 Å². The fraction of sp³-hybridized carbons (Fsp3) is 0.0556. The fourth-order valence-corrected chi connectivity index (χ4v) is 3.55. The van der Waals surface area contributed by atoms with Crippen LogP contribution in [0.1, 0.15) is 15.9 Å². The van der Waals surface area contributed by atoms with Crippen LogP contribution < -0.4 is 0 Å². The second-order valence-corrected chi connectivity index (χ2v) is 5.92. The van der Waals surface area contributed by atoms with Crippen molar-refractivity contribution in [2.45, 2.75) is 16.4 Å². The summed E-state index contributed by atoms with van der Waals surface area (Å²) in [7, 11) is 0. The van der Waals surface area contributed by atoms with Crippen molar-refractivity contribution in [3.63, 3.8) is 0 Å². The summed E-state index contributed by atoms with van der Waals surface area (Å²) in [6, 6.07) is 18.6. The van der Waals surface area contributed by atoms with Gasteiger partial charge in [0.15, 0.2) is 0 Å². The third-order valence-corrected chi connectivity index (χ3v) is 4.64. The molecule has 0 atom stereocenters. The van der Waals surface area contributed by atoms with E-state index in [1.807, 2.05) is 48.5 Å². The number of aliphatic hydroxyl groups excluding tert-OH is 1. The molecule has 3 aromatic carbocycles. The topological polar surface area (TPSA) is 57.5 Å². The molecule has 3 rings (SSSR count). The van der Waals surface area contributed by atoms with E-state index >= 15 is 0 Å². The van der Waals surface area contributed by atoms with E-state index in [0.717, 1.165) is 26.1 Å². The van der Waals surface area contributed by atoms with Crippen molar-refractivity contribution in [1.29, 1.82) is 0 Å². The zero-order valence-electron chi connectivity index (χ0n) is 11.7. The van der Waals surface area contributed by atoms with E-state index in [2.05, 4.69) is 0 Å². The van der Waals surface area contributed by atoms with Crippen LogP contribution in [0, 0.1) is 0 Å². The van der Waals surface area contributed by atoms with Gasteiger partial charge in [0.25, 0.3) is 0 Å². The minimum Gasteiger partial charge on any atom is -0.478 e. The molecule has 0 saturated carbocycles. The van der Waals surface area contributed by atoms with Gasteiger partial charge in [0.1, 0.15) is 0 Å². The number of carboxylic acids is 1. The molecule has 3 aromatic rings. The lowest BCUT2D eigenvalue weighted by Gasteiger charge is -2.11. The first-order chi connectivity index (χ1) is 10.7. The molecule has 22 heavy (non-hydrogen) atoms. The Labute approximate surface area is 132 Å². The van der Waals surface area contributed by atoms with Crippen molar-refractivity contribution in [2.75, 3.05) is 0 Å². The molecule has 4 heteroatoms. The largest absolute Gasteiger partial charge is 0.478 e. The Morgan fingerprint density at radius 1 is 0.909 bits per heavy atom. The number of aromatic carboxylic acids is 1. The second kappa shape index (κ2) is 6.22. The number of carboxylic acid groups (broad SMARTS) is 1. The number of hydrogen-bond donors (Lipinski definition) is 2.